The van der Waals surface area contributed by atoms with Crippen molar-refractivity contribution in [2.24, 2.45) is 5.92 Å². The van der Waals surface area contributed by atoms with Gasteiger partial charge in [0.15, 0.2) is 5.82 Å². The molecule has 1 amide bonds. The van der Waals surface area contributed by atoms with E-state index in [1.807, 2.05) is 6.92 Å². The number of pyridine rings is 1. The van der Waals surface area contributed by atoms with Crippen LogP contribution in [0.15, 0.2) is 31.0 Å². The first-order chi connectivity index (χ1) is 9.20. The molecular weight excluding hydrogens is 246 g/mol. The molecule has 7 nitrogen and oxygen atoms in total. The van der Waals surface area contributed by atoms with Crippen molar-refractivity contribution < 1.29 is 9.90 Å². The normalized spacial score (nSPS) is 12.1. The predicted octanol–water partition coefficient (Wildman–Crippen LogP) is 0.0205. The van der Waals surface area contributed by atoms with Crippen LogP contribution in [0.4, 0.5) is 0 Å². The molecule has 0 aromatic carbocycles. The zero-order chi connectivity index (χ0) is 13.7. The van der Waals surface area contributed by atoms with Crippen LogP contribution in [0, 0.1) is 5.92 Å². The molecule has 7 heteroatoms. The number of carbonyl (C=O) groups is 1. The average molecular weight is 261 g/mol. The minimum absolute atomic E-state index is 0.0336. The summed E-state index contributed by atoms with van der Waals surface area (Å²) in [4.78, 5) is 19.8. The molecule has 0 spiro atoms. The molecule has 0 radical (unpaired) electrons. The Morgan fingerprint density at radius 3 is 2.95 bits per heavy atom. The number of hydrogen-bond donors (Lipinski definition) is 2. The summed E-state index contributed by atoms with van der Waals surface area (Å²) in [6.07, 6.45) is 4.43. The maximum Gasteiger partial charge on any atom is 0.252 e. The number of rotatable bonds is 5. The fraction of sp³-hybridized carbons (Fsp3) is 0.333. The van der Waals surface area contributed by atoms with Crippen LogP contribution in [0.3, 0.4) is 0 Å². The largest absolute Gasteiger partial charge is 0.396 e. The van der Waals surface area contributed by atoms with E-state index in [1.54, 1.807) is 12.1 Å². The number of carbonyl (C=O) groups excluding carboxylic acids is 1. The molecule has 0 fully saturated rings. The molecule has 100 valence electrons. The van der Waals surface area contributed by atoms with Gasteiger partial charge in [-0.15, -0.1) is 0 Å². The molecule has 0 aliphatic rings. The third kappa shape index (κ3) is 3.35. The molecule has 0 saturated carbocycles. The van der Waals surface area contributed by atoms with Crippen molar-refractivity contribution in [3.63, 3.8) is 0 Å². The van der Waals surface area contributed by atoms with Crippen molar-refractivity contribution in [2.45, 2.75) is 6.92 Å². The van der Waals surface area contributed by atoms with Gasteiger partial charge in [-0.1, -0.05) is 6.92 Å². The Bertz CT molecular complexity index is 524. The lowest BCUT2D eigenvalue weighted by molar-refractivity contribution is 0.0942. The van der Waals surface area contributed by atoms with Gasteiger partial charge in [-0.25, -0.2) is 14.6 Å². The number of hydrogen-bond acceptors (Lipinski definition) is 5. The Balaban J connectivity index is 2.00. The van der Waals surface area contributed by atoms with E-state index in [-0.39, 0.29) is 18.4 Å². The van der Waals surface area contributed by atoms with Crippen molar-refractivity contribution in [3.05, 3.63) is 36.5 Å². The molecule has 2 aromatic heterocycles. The van der Waals surface area contributed by atoms with E-state index in [2.05, 4.69) is 20.4 Å². The summed E-state index contributed by atoms with van der Waals surface area (Å²) in [5, 5.41) is 15.6. The van der Waals surface area contributed by atoms with Crippen LogP contribution in [-0.4, -0.2) is 43.9 Å². The predicted molar refractivity (Wildman–Crippen MR) is 67.7 cm³/mol. The van der Waals surface area contributed by atoms with E-state index in [1.165, 1.54) is 23.5 Å². The van der Waals surface area contributed by atoms with Gasteiger partial charge in [0.2, 0.25) is 0 Å². The highest BCUT2D eigenvalue weighted by Gasteiger charge is 2.08. The molecular formula is C12H15N5O2. The standard InChI is InChI=1S/C12H15N5O2/c1-9(6-18)4-15-12(19)10-2-3-11(14-5-10)17-8-13-7-16-17/h2-3,5,7-9,18H,4,6H2,1H3,(H,15,19). The minimum atomic E-state index is -0.210. The summed E-state index contributed by atoms with van der Waals surface area (Å²) in [5.41, 5.74) is 0.467. The lowest BCUT2D eigenvalue weighted by atomic mass is 10.2. The highest BCUT2D eigenvalue weighted by molar-refractivity contribution is 5.93. The first-order valence-corrected chi connectivity index (χ1v) is 5.91. The number of aliphatic hydroxyl groups excluding tert-OH is 1. The van der Waals surface area contributed by atoms with Crippen LogP contribution >= 0.6 is 0 Å². The minimum Gasteiger partial charge on any atom is -0.396 e. The highest BCUT2D eigenvalue weighted by atomic mass is 16.3. The Labute approximate surface area is 110 Å². The van der Waals surface area contributed by atoms with Crippen molar-refractivity contribution in [1.82, 2.24) is 25.1 Å². The number of aromatic nitrogens is 4. The molecule has 2 rings (SSSR count). The summed E-state index contributed by atoms with van der Waals surface area (Å²) >= 11 is 0. The van der Waals surface area contributed by atoms with Gasteiger partial charge in [0.05, 0.1) is 5.56 Å². The van der Waals surface area contributed by atoms with Gasteiger partial charge in [0.25, 0.3) is 5.91 Å². The number of nitrogens with one attached hydrogen (secondary N) is 1. The summed E-state index contributed by atoms with van der Waals surface area (Å²) < 4.78 is 1.51. The van der Waals surface area contributed by atoms with Crippen LogP contribution in [0.1, 0.15) is 17.3 Å². The SMILES string of the molecule is CC(CO)CNC(=O)c1ccc(-n2cncn2)nc1. The summed E-state index contributed by atoms with van der Waals surface area (Å²) in [7, 11) is 0. The first-order valence-electron chi connectivity index (χ1n) is 5.91. The molecule has 2 N–H and O–H groups in total. The van der Waals surface area contributed by atoms with Crippen LogP contribution < -0.4 is 5.32 Å². The number of nitrogens with zero attached hydrogens (tertiary/aromatic N) is 4. The second kappa shape index (κ2) is 6.05. The molecule has 0 aliphatic carbocycles. The third-order valence-corrected chi connectivity index (χ3v) is 2.59. The monoisotopic (exact) mass is 261 g/mol. The first kappa shape index (κ1) is 13.2. The average Bonchev–Trinajstić information content (AvgIpc) is 2.98. The van der Waals surface area contributed by atoms with Crippen LogP contribution in [0.2, 0.25) is 0 Å². The van der Waals surface area contributed by atoms with Crippen LogP contribution in [-0.2, 0) is 0 Å². The third-order valence-electron chi connectivity index (χ3n) is 2.59. The lowest BCUT2D eigenvalue weighted by Crippen LogP contribution is -2.29. The fourth-order valence-corrected chi connectivity index (χ4v) is 1.42. The Hall–Kier alpha value is -2.28. The van der Waals surface area contributed by atoms with Gasteiger partial charge in [-0.05, 0) is 18.1 Å². The van der Waals surface area contributed by atoms with Crippen molar-refractivity contribution in [3.8, 4) is 5.82 Å². The molecule has 0 aliphatic heterocycles. The number of amides is 1. The van der Waals surface area contributed by atoms with E-state index in [0.717, 1.165) is 0 Å². The van der Waals surface area contributed by atoms with Gasteiger partial charge in [-0.2, -0.15) is 5.10 Å². The molecule has 2 heterocycles. The Kier molecular flexibility index (Phi) is 4.19. The van der Waals surface area contributed by atoms with Crippen molar-refractivity contribution >= 4 is 5.91 Å². The fourth-order valence-electron chi connectivity index (χ4n) is 1.42. The number of aliphatic hydroxyl groups is 1. The van der Waals surface area contributed by atoms with Gasteiger partial charge in [0, 0.05) is 19.3 Å². The van der Waals surface area contributed by atoms with E-state index in [0.29, 0.717) is 17.9 Å². The highest BCUT2D eigenvalue weighted by Crippen LogP contribution is 2.04. The van der Waals surface area contributed by atoms with Gasteiger partial charge in [-0.3, -0.25) is 4.79 Å². The molecule has 0 bridgehead atoms. The molecule has 2 aromatic rings. The molecule has 1 atom stereocenters. The maximum atomic E-state index is 11.8. The summed E-state index contributed by atoms with van der Waals surface area (Å²) in [6.45, 7) is 2.33. The Morgan fingerprint density at radius 1 is 1.53 bits per heavy atom. The van der Waals surface area contributed by atoms with Gasteiger partial charge in [0.1, 0.15) is 12.7 Å². The van der Waals surface area contributed by atoms with E-state index in [4.69, 9.17) is 5.11 Å². The zero-order valence-corrected chi connectivity index (χ0v) is 10.5. The summed E-state index contributed by atoms with van der Waals surface area (Å²) in [5.74, 6) is 0.419. The smallest absolute Gasteiger partial charge is 0.252 e. The van der Waals surface area contributed by atoms with E-state index >= 15 is 0 Å². The summed E-state index contributed by atoms with van der Waals surface area (Å²) in [6, 6.07) is 3.36. The van der Waals surface area contributed by atoms with Crippen molar-refractivity contribution in [1.29, 1.82) is 0 Å². The Morgan fingerprint density at radius 2 is 2.37 bits per heavy atom. The molecule has 1 unspecified atom stereocenters. The second-order valence-electron chi connectivity index (χ2n) is 4.24. The van der Waals surface area contributed by atoms with Crippen LogP contribution in [0.25, 0.3) is 5.82 Å². The van der Waals surface area contributed by atoms with Gasteiger partial charge >= 0.3 is 0 Å². The van der Waals surface area contributed by atoms with Gasteiger partial charge < -0.3 is 10.4 Å². The molecule has 0 saturated heterocycles. The lowest BCUT2D eigenvalue weighted by Gasteiger charge is -2.09. The van der Waals surface area contributed by atoms with Crippen LogP contribution in [0.5, 0.6) is 0 Å². The quantitative estimate of drug-likeness (QED) is 0.791. The maximum absolute atomic E-state index is 11.8. The second-order valence-corrected chi connectivity index (χ2v) is 4.24. The zero-order valence-electron chi connectivity index (χ0n) is 10.5. The van der Waals surface area contributed by atoms with E-state index < -0.39 is 0 Å². The van der Waals surface area contributed by atoms with E-state index in [9.17, 15) is 4.79 Å². The van der Waals surface area contributed by atoms with Crippen molar-refractivity contribution in [2.75, 3.05) is 13.2 Å². The molecule has 19 heavy (non-hydrogen) atoms. The topological polar surface area (TPSA) is 92.9 Å².